The molecule has 0 bridgehead atoms. The van der Waals surface area contributed by atoms with E-state index in [1.54, 1.807) is 24.3 Å². The third-order valence-electron chi connectivity index (χ3n) is 5.13. The molecule has 27 heavy (non-hydrogen) atoms. The summed E-state index contributed by atoms with van der Waals surface area (Å²) in [6, 6.07) is 14.2. The minimum Gasteiger partial charge on any atom is -0.350 e. The van der Waals surface area contributed by atoms with Crippen molar-refractivity contribution in [1.82, 2.24) is 15.5 Å². The lowest BCUT2D eigenvalue weighted by atomic mass is 9.92. The Balaban J connectivity index is 1.44. The molecular formula is C20H18ClN3O3. The van der Waals surface area contributed by atoms with Crippen LogP contribution in [0.15, 0.2) is 48.5 Å². The molecule has 1 unspecified atom stereocenters. The van der Waals surface area contributed by atoms with E-state index in [1.807, 2.05) is 24.3 Å². The van der Waals surface area contributed by atoms with Crippen molar-refractivity contribution in [2.75, 3.05) is 6.54 Å². The Labute approximate surface area is 161 Å². The minimum absolute atomic E-state index is 0.299. The molecule has 7 heteroatoms. The van der Waals surface area contributed by atoms with Gasteiger partial charge in [-0.15, -0.1) is 0 Å². The molecule has 138 valence electrons. The van der Waals surface area contributed by atoms with Gasteiger partial charge in [0.1, 0.15) is 12.1 Å². The van der Waals surface area contributed by atoms with E-state index < -0.39 is 17.5 Å². The Bertz CT molecular complexity index is 928. The summed E-state index contributed by atoms with van der Waals surface area (Å²) in [4.78, 5) is 38.7. The predicted molar refractivity (Wildman–Crippen MR) is 100.0 cm³/mol. The van der Waals surface area contributed by atoms with Crippen molar-refractivity contribution in [3.05, 3.63) is 70.2 Å². The van der Waals surface area contributed by atoms with Crippen LogP contribution in [0.3, 0.4) is 0 Å². The lowest BCUT2D eigenvalue weighted by Crippen LogP contribution is -2.43. The van der Waals surface area contributed by atoms with Crippen molar-refractivity contribution >= 4 is 29.4 Å². The van der Waals surface area contributed by atoms with Crippen LogP contribution in [0.25, 0.3) is 0 Å². The normalized spacial score (nSPS) is 20.7. The Hall–Kier alpha value is -2.86. The number of nitrogens with zero attached hydrogens (tertiary/aromatic N) is 1. The molecular weight excluding hydrogens is 366 g/mol. The van der Waals surface area contributed by atoms with Crippen LogP contribution >= 0.6 is 11.6 Å². The summed E-state index contributed by atoms with van der Waals surface area (Å²) in [6.07, 6.45) is 1.23. The number of halogens is 1. The topological polar surface area (TPSA) is 78.5 Å². The maximum absolute atomic E-state index is 13.0. The number of hydrogen-bond donors (Lipinski definition) is 2. The number of rotatable bonds is 4. The molecule has 0 radical (unpaired) electrons. The van der Waals surface area contributed by atoms with Crippen LogP contribution in [0.1, 0.15) is 23.1 Å². The molecule has 6 nitrogen and oxygen atoms in total. The standard InChI is InChI=1S/C20H18ClN3O3/c21-15-7-5-13(6-8-15)11-22-17(25)12-24-18(26)20(23-19(24)27)10-9-14-3-1-2-4-16(14)20/h1-8H,9-12H2,(H,22,25)(H,23,27). The Morgan fingerprint density at radius 2 is 1.89 bits per heavy atom. The van der Waals surface area contributed by atoms with Gasteiger partial charge in [-0.2, -0.15) is 0 Å². The van der Waals surface area contributed by atoms with Crippen molar-refractivity contribution in [1.29, 1.82) is 0 Å². The van der Waals surface area contributed by atoms with E-state index >= 15 is 0 Å². The van der Waals surface area contributed by atoms with E-state index in [9.17, 15) is 14.4 Å². The fourth-order valence-electron chi connectivity index (χ4n) is 3.74. The monoisotopic (exact) mass is 383 g/mol. The molecule has 1 spiro atoms. The largest absolute Gasteiger partial charge is 0.350 e. The van der Waals surface area contributed by atoms with E-state index in [-0.39, 0.29) is 12.5 Å². The molecule has 1 aliphatic carbocycles. The van der Waals surface area contributed by atoms with E-state index in [4.69, 9.17) is 11.6 Å². The van der Waals surface area contributed by atoms with Crippen LogP contribution in [0.5, 0.6) is 0 Å². The maximum atomic E-state index is 13.0. The van der Waals surface area contributed by atoms with Gasteiger partial charge in [0, 0.05) is 11.6 Å². The van der Waals surface area contributed by atoms with Crippen molar-refractivity contribution in [3.63, 3.8) is 0 Å². The van der Waals surface area contributed by atoms with Crippen LogP contribution in [0.4, 0.5) is 4.79 Å². The number of carbonyl (C=O) groups excluding carboxylic acids is 3. The van der Waals surface area contributed by atoms with Crippen LogP contribution in [-0.4, -0.2) is 29.3 Å². The average Bonchev–Trinajstić information content (AvgIpc) is 3.15. The van der Waals surface area contributed by atoms with Crippen LogP contribution < -0.4 is 10.6 Å². The van der Waals surface area contributed by atoms with Gasteiger partial charge < -0.3 is 10.6 Å². The number of imide groups is 1. The van der Waals surface area contributed by atoms with E-state index in [2.05, 4.69) is 10.6 Å². The maximum Gasteiger partial charge on any atom is 0.325 e. The minimum atomic E-state index is -1.04. The van der Waals surface area contributed by atoms with Gasteiger partial charge in [-0.1, -0.05) is 48.0 Å². The molecule has 4 rings (SSSR count). The second-order valence-corrected chi connectivity index (χ2v) is 7.22. The zero-order valence-corrected chi connectivity index (χ0v) is 15.3. The van der Waals surface area contributed by atoms with Gasteiger partial charge in [0.25, 0.3) is 5.91 Å². The summed E-state index contributed by atoms with van der Waals surface area (Å²) >= 11 is 5.84. The van der Waals surface area contributed by atoms with E-state index in [0.717, 1.165) is 28.0 Å². The Morgan fingerprint density at radius 1 is 1.15 bits per heavy atom. The molecule has 2 aliphatic rings. The molecule has 0 saturated carbocycles. The molecule has 2 aromatic rings. The highest BCUT2D eigenvalue weighted by Gasteiger charge is 2.55. The fraction of sp³-hybridized carbons (Fsp3) is 0.250. The molecule has 2 N–H and O–H groups in total. The summed E-state index contributed by atoms with van der Waals surface area (Å²) in [6.45, 7) is -0.00417. The van der Waals surface area contributed by atoms with Gasteiger partial charge in [-0.25, -0.2) is 4.79 Å². The number of fused-ring (bicyclic) bond motifs is 2. The van der Waals surface area contributed by atoms with Crippen molar-refractivity contribution < 1.29 is 14.4 Å². The molecule has 0 aromatic heterocycles. The number of amides is 4. The first-order chi connectivity index (χ1) is 13.0. The zero-order valence-electron chi connectivity index (χ0n) is 14.5. The van der Waals surface area contributed by atoms with Gasteiger partial charge in [-0.05, 0) is 41.7 Å². The summed E-state index contributed by atoms with van der Waals surface area (Å²) in [5.74, 6) is -0.754. The molecule has 1 atom stereocenters. The lowest BCUT2D eigenvalue weighted by Gasteiger charge is -2.22. The Morgan fingerprint density at radius 3 is 2.67 bits per heavy atom. The van der Waals surface area contributed by atoms with Crippen molar-refractivity contribution in [3.8, 4) is 0 Å². The first kappa shape index (κ1) is 17.5. The third kappa shape index (κ3) is 3.06. The number of hydrogen-bond acceptors (Lipinski definition) is 3. The molecule has 1 saturated heterocycles. The number of urea groups is 1. The third-order valence-corrected chi connectivity index (χ3v) is 5.38. The van der Waals surface area contributed by atoms with Crippen molar-refractivity contribution in [2.45, 2.75) is 24.9 Å². The molecule has 1 aliphatic heterocycles. The highest BCUT2D eigenvalue weighted by molar-refractivity contribution is 6.30. The Kier molecular flexibility index (Phi) is 4.36. The number of carbonyl (C=O) groups is 3. The highest BCUT2D eigenvalue weighted by Crippen LogP contribution is 2.41. The van der Waals surface area contributed by atoms with Crippen LogP contribution in [0, 0.1) is 0 Å². The van der Waals surface area contributed by atoms with Crippen LogP contribution in [0.2, 0.25) is 5.02 Å². The van der Waals surface area contributed by atoms with Crippen molar-refractivity contribution in [2.24, 2.45) is 0 Å². The SMILES string of the molecule is O=C(CN1C(=O)NC2(CCc3ccccc32)C1=O)NCc1ccc(Cl)cc1. The lowest BCUT2D eigenvalue weighted by molar-refractivity contribution is -0.135. The average molecular weight is 384 g/mol. The smallest absolute Gasteiger partial charge is 0.325 e. The van der Waals surface area contributed by atoms with E-state index in [1.165, 1.54) is 0 Å². The highest BCUT2D eigenvalue weighted by atomic mass is 35.5. The van der Waals surface area contributed by atoms with Gasteiger partial charge in [0.15, 0.2) is 0 Å². The first-order valence-corrected chi connectivity index (χ1v) is 9.11. The van der Waals surface area contributed by atoms with Gasteiger partial charge in [0.2, 0.25) is 5.91 Å². The van der Waals surface area contributed by atoms with Gasteiger partial charge in [0.05, 0.1) is 0 Å². The van der Waals surface area contributed by atoms with Crippen LogP contribution in [-0.2, 0) is 28.1 Å². The first-order valence-electron chi connectivity index (χ1n) is 8.73. The quantitative estimate of drug-likeness (QED) is 0.795. The second kappa shape index (κ2) is 6.70. The number of aryl methyl sites for hydroxylation is 1. The van der Waals surface area contributed by atoms with E-state index in [0.29, 0.717) is 18.0 Å². The zero-order chi connectivity index (χ0) is 19.0. The predicted octanol–water partition coefficient (Wildman–Crippen LogP) is 2.35. The van der Waals surface area contributed by atoms with Gasteiger partial charge >= 0.3 is 6.03 Å². The number of nitrogens with one attached hydrogen (secondary N) is 2. The summed E-state index contributed by atoms with van der Waals surface area (Å²) in [5.41, 5.74) is 1.73. The summed E-state index contributed by atoms with van der Waals surface area (Å²) < 4.78 is 0. The summed E-state index contributed by atoms with van der Waals surface area (Å²) in [7, 11) is 0. The molecule has 2 aromatic carbocycles. The molecule has 1 fully saturated rings. The molecule has 1 heterocycles. The molecule has 4 amide bonds. The number of benzene rings is 2. The fourth-order valence-corrected chi connectivity index (χ4v) is 3.86. The van der Waals surface area contributed by atoms with Gasteiger partial charge in [-0.3, -0.25) is 14.5 Å². The summed E-state index contributed by atoms with van der Waals surface area (Å²) in [5, 5.41) is 6.16. The second-order valence-electron chi connectivity index (χ2n) is 6.79.